The number of benzene rings is 1. The quantitative estimate of drug-likeness (QED) is 0.527. The minimum absolute atomic E-state index is 0.0222. The molecular formula is C29H41NO4. The van der Waals surface area contributed by atoms with Gasteiger partial charge in [-0.1, -0.05) is 58.9 Å². The lowest BCUT2D eigenvalue weighted by molar-refractivity contribution is -0.124. The van der Waals surface area contributed by atoms with Crippen molar-refractivity contribution in [3.8, 4) is 0 Å². The maximum Gasteiger partial charge on any atom is 0.192 e. The number of piperidine rings is 1. The van der Waals surface area contributed by atoms with Gasteiger partial charge in [-0.2, -0.15) is 0 Å². The number of fused-ring (bicyclic) bond motifs is 6. The van der Waals surface area contributed by atoms with E-state index in [1.54, 1.807) is 14.2 Å². The maximum absolute atomic E-state index is 14.4. The van der Waals surface area contributed by atoms with Crippen LogP contribution in [0.4, 0.5) is 0 Å². The minimum atomic E-state index is -1.11. The van der Waals surface area contributed by atoms with Crippen LogP contribution in [0.25, 0.3) is 0 Å². The summed E-state index contributed by atoms with van der Waals surface area (Å²) in [4.78, 5) is 31.1. The predicted molar refractivity (Wildman–Crippen MR) is 132 cm³/mol. The number of nitrogens with zero attached hydrogens (tertiary/aromatic N) is 1. The van der Waals surface area contributed by atoms with Gasteiger partial charge in [-0.25, -0.2) is 0 Å². The molecule has 0 amide bonds. The van der Waals surface area contributed by atoms with Crippen molar-refractivity contribution in [3.63, 3.8) is 0 Å². The minimum Gasteiger partial charge on any atom is -0.381 e. The Kier molecular flexibility index (Phi) is 5.31. The van der Waals surface area contributed by atoms with Gasteiger partial charge < -0.3 is 9.47 Å². The van der Waals surface area contributed by atoms with Crippen molar-refractivity contribution in [3.05, 3.63) is 35.4 Å². The Bertz CT molecular complexity index is 1000. The third kappa shape index (κ3) is 2.37. The van der Waals surface area contributed by atoms with Gasteiger partial charge in [-0.3, -0.25) is 14.5 Å². The van der Waals surface area contributed by atoms with Crippen molar-refractivity contribution in [2.24, 2.45) is 28.6 Å². The standard InChI is InChI=1S/C29H41NO4/c1-17(2)27(6,34-8)18(3)22(33-7)16-28-19(4)26(28,5)23-14-11-15-30(23)29(28)24(31)20-12-9-10-13-21(20)25(29)32/h9-10,12-13,17-19,22-23H,11,14-16H2,1-8H3/t18-,19+,22?,23+,26-,27+,28-/m0/s1. The summed E-state index contributed by atoms with van der Waals surface area (Å²) in [5.74, 6) is 0.697. The Morgan fingerprint density at radius 1 is 1.12 bits per heavy atom. The van der Waals surface area contributed by atoms with E-state index in [0.29, 0.717) is 23.5 Å². The normalized spacial score (nSPS) is 37.0. The van der Waals surface area contributed by atoms with Crippen LogP contribution < -0.4 is 0 Å². The summed E-state index contributed by atoms with van der Waals surface area (Å²) < 4.78 is 12.3. The molecule has 3 fully saturated rings. The molecule has 0 N–H and O–H groups in total. The number of hydrogen-bond acceptors (Lipinski definition) is 5. The van der Waals surface area contributed by atoms with Crippen molar-refractivity contribution < 1.29 is 19.1 Å². The molecule has 0 bridgehead atoms. The second-order valence-electron chi connectivity index (χ2n) is 12.1. The molecule has 4 aliphatic rings. The Hall–Kier alpha value is -1.56. The molecule has 1 aromatic rings. The summed E-state index contributed by atoms with van der Waals surface area (Å²) in [6, 6.07) is 7.73. The number of hydrogen-bond donors (Lipinski definition) is 0. The van der Waals surface area contributed by atoms with E-state index in [4.69, 9.17) is 9.47 Å². The number of rotatable bonds is 7. The molecule has 1 aromatic carbocycles. The van der Waals surface area contributed by atoms with Crippen molar-refractivity contribution in [1.82, 2.24) is 4.90 Å². The second-order valence-corrected chi connectivity index (χ2v) is 12.1. The number of Topliss-reactive ketones (excluding diaryl/α,β-unsaturated/α-hetero) is 2. The fourth-order valence-corrected chi connectivity index (χ4v) is 8.98. The van der Waals surface area contributed by atoms with Crippen LogP contribution in [0.2, 0.25) is 0 Å². The molecule has 7 atom stereocenters. The summed E-state index contributed by atoms with van der Waals surface area (Å²) in [5.41, 5.74) is -0.809. The van der Waals surface area contributed by atoms with Gasteiger partial charge in [0.2, 0.25) is 0 Å². The molecular weight excluding hydrogens is 426 g/mol. The van der Waals surface area contributed by atoms with Crippen LogP contribution in [0, 0.1) is 28.6 Å². The fraction of sp³-hybridized carbons (Fsp3) is 0.724. The fourth-order valence-electron chi connectivity index (χ4n) is 8.98. The molecule has 1 unspecified atom stereocenters. The average molecular weight is 468 g/mol. The number of carbonyl (C=O) groups is 2. The Morgan fingerprint density at radius 2 is 1.71 bits per heavy atom. The molecule has 0 aromatic heterocycles. The molecule has 1 spiro atoms. The first-order valence-electron chi connectivity index (χ1n) is 13.0. The molecule has 34 heavy (non-hydrogen) atoms. The molecule has 2 heterocycles. The zero-order valence-corrected chi connectivity index (χ0v) is 22.1. The molecule has 5 nitrogen and oxygen atoms in total. The van der Waals surface area contributed by atoms with E-state index in [9.17, 15) is 9.59 Å². The molecule has 0 radical (unpaired) electrons. The summed E-state index contributed by atoms with van der Waals surface area (Å²) in [6.07, 6.45) is 2.65. The lowest BCUT2D eigenvalue weighted by Gasteiger charge is -2.45. The lowest BCUT2D eigenvalue weighted by Crippen LogP contribution is -2.62. The highest BCUT2D eigenvalue weighted by molar-refractivity contribution is 6.34. The van der Waals surface area contributed by atoms with Gasteiger partial charge in [-0.15, -0.1) is 0 Å². The summed E-state index contributed by atoms with van der Waals surface area (Å²) in [7, 11) is 3.55. The van der Waals surface area contributed by atoms with Crippen LogP contribution in [-0.2, 0) is 9.47 Å². The first kappa shape index (κ1) is 24.1. The van der Waals surface area contributed by atoms with Gasteiger partial charge in [0, 0.05) is 42.7 Å². The van der Waals surface area contributed by atoms with Crippen LogP contribution in [0.5, 0.6) is 0 Å². The lowest BCUT2D eigenvalue weighted by atomic mass is 9.67. The SMILES string of the molecule is COC(C[C@]12[C@H](C)[C@@]1(C)[C@H]1CCCN1C21C(=O)c2ccccc2C1=O)[C@H](C)[C@](C)(OC)C(C)C. The van der Waals surface area contributed by atoms with E-state index in [0.717, 1.165) is 19.4 Å². The van der Waals surface area contributed by atoms with Crippen molar-refractivity contribution >= 4 is 11.6 Å². The largest absolute Gasteiger partial charge is 0.381 e. The van der Waals surface area contributed by atoms with Crippen molar-refractivity contribution in [2.75, 3.05) is 20.8 Å². The van der Waals surface area contributed by atoms with Gasteiger partial charge in [0.1, 0.15) is 0 Å². The van der Waals surface area contributed by atoms with E-state index in [2.05, 4.69) is 46.4 Å². The highest BCUT2D eigenvalue weighted by Crippen LogP contribution is 2.85. The summed E-state index contributed by atoms with van der Waals surface area (Å²) in [6.45, 7) is 14.2. The average Bonchev–Trinajstić information content (AvgIpc) is 3.23. The molecule has 2 aliphatic carbocycles. The number of ether oxygens (including phenoxy) is 2. The number of ketones is 2. The van der Waals surface area contributed by atoms with Crippen LogP contribution in [-0.4, -0.2) is 60.5 Å². The highest BCUT2D eigenvalue weighted by atomic mass is 16.5. The van der Waals surface area contributed by atoms with Crippen molar-refractivity contribution in [2.45, 2.75) is 84.1 Å². The van der Waals surface area contributed by atoms with E-state index < -0.39 is 11.0 Å². The molecule has 2 saturated heterocycles. The third-order valence-corrected chi connectivity index (χ3v) is 11.5. The second kappa shape index (κ2) is 7.47. The van der Waals surface area contributed by atoms with E-state index in [-0.39, 0.29) is 46.6 Å². The van der Waals surface area contributed by atoms with Gasteiger partial charge >= 0.3 is 0 Å². The zero-order valence-electron chi connectivity index (χ0n) is 22.1. The third-order valence-electron chi connectivity index (χ3n) is 11.5. The summed E-state index contributed by atoms with van der Waals surface area (Å²) in [5, 5.41) is 0. The van der Waals surface area contributed by atoms with E-state index in [1.807, 2.05) is 24.3 Å². The molecule has 2 aliphatic heterocycles. The Labute approximate surface area is 204 Å². The van der Waals surface area contributed by atoms with Crippen LogP contribution in [0.1, 0.15) is 81.5 Å². The maximum atomic E-state index is 14.4. The topological polar surface area (TPSA) is 55.8 Å². The smallest absolute Gasteiger partial charge is 0.192 e. The number of carbonyl (C=O) groups excluding carboxylic acids is 2. The van der Waals surface area contributed by atoms with Gasteiger partial charge in [0.15, 0.2) is 17.1 Å². The number of methoxy groups -OCH3 is 2. The van der Waals surface area contributed by atoms with Gasteiger partial charge in [0.05, 0.1) is 11.7 Å². The molecule has 1 saturated carbocycles. The molecule has 5 heteroatoms. The van der Waals surface area contributed by atoms with Crippen LogP contribution in [0.15, 0.2) is 24.3 Å². The Morgan fingerprint density at radius 3 is 2.21 bits per heavy atom. The first-order chi connectivity index (χ1) is 16.0. The van der Waals surface area contributed by atoms with E-state index >= 15 is 0 Å². The van der Waals surface area contributed by atoms with E-state index in [1.165, 1.54) is 0 Å². The van der Waals surface area contributed by atoms with Gasteiger partial charge in [0.25, 0.3) is 0 Å². The molecule has 5 rings (SSSR count). The predicted octanol–water partition coefficient (Wildman–Crippen LogP) is 5.03. The zero-order chi connectivity index (χ0) is 24.8. The van der Waals surface area contributed by atoms with Crippen LogP contribution in [0.3, 0.4) is 0 Å². The first-order valence-corrected chi connectivity index (χ1v) is 13.0. The van der Waals surface area contributed by atoms with Crippen molar-refractivity contribution in [1.29, 1.82) is 0 Å². The highest BCUT2D eigenvalue weighted by Gasteiger charge is 2.92. The monoisotopic (exact) mass is 467 g/mol. The summed E-state index contributed by atoms with van der Waals surface area (Å²) >= 11 is 0. The molecule has 186 valence electrons. The van der Waals surface area contributed by atoms with Crippen LogP contribution >= 0.6 is 0 Å². The van der Waals surface area contributed by atoms with Gasteiger partial charge in [-0.05, 0) is 50.0 Å². The Balaban J connectivity index is 1.65.